The molecule has 142 valence electrons. The molecule has 1 unspecified atom stereocenters. The number of rotatable bonds is 11. The first-order valence-corrected chi connectivity index (χ1v) is 9.05. The summed E-state index contributed by atoms with van der Waals surface area (Å²) in [7, 11) is 0. The highest BCUT2D eigenvalue weighted by Crippen LogP contribution is 2.17. The van der Waals surface area contributed by atoms with Crippen LogP contribution in [0.25, 0.3) is 12.2 Å². The van der Waals surface area contributed by atoms with Crippen molar-refractivity contribution in [1.29, 1.82) is 0 Å². The number of hydrogen-bond donors (Lipinski definition) is 0. The van der Waals surface area contributed by atoms with Crippen molar-refractivity contribution in [2.75, 3.05) is 26.4 Å². The van der Waals surface area contributed by atoms with Crippen LogP contribution in [0.15, 0.2) is 48.5 Å². The Morgan fingerprint density at radius 2 is 1.59 bits per heavy atom. The van der Waals surface area contributed by atoms with E-state index in [4.69, 9.17) is 14.2 Å². The normalized spacial score (nSPS) is 15.8. The highest BCUT2D eigenvalue weighted by molar-refractivity contribution is 5.70. The fraction of sp³-hybridized carbons (Fsp3) is 0.333. The van der Waals surface area contributed by atoms with E-state index in [-0.39, 0.29) is 5.69 Å². The van der Waals surface area contributed by atoms with E-state index in [2.05, 4.69) is 0 Å². The van der Waals surface area contributed by atoms with Crippen LogP contribution in [-0.2, 0) is 9.47 Å². The molecular formula is C21H23NO5. The monoisotopic (exact) mass is 369 g/mol. The van der Waals surface area contributed by atoms with Crippen LogP contribution in [0.1, 0.15) is 24.0 Å². The maximum atomic E-state index is 10.7. The summed E-state index contributed by atoms with van der Waals surface area (Å²) in [6, 6.07) is 14.3. The number of benzene rings is 2. The third-order valence-electron chi connectivity index (χ3n) is 4.11. The molecule has 27 heavy (non-hydrogen) atoms. The average molecular weight is 369 g/mol. The van der Waals surface area contributed by atoms with Gasteiger partial charge in [0.15, 0.2) is 0 Å². The van der Waals surface area contributed by atoms with Crippen molar-refractivity contribution in [2.24, 2.45) is 0 Å². The van der Waals surface area contributed by atoms with Crippen LogP contribution < -0.4 is 4.74 Å². The van der Waals surface area contributed by atoms with E-state index in [1.165, 1.54) is 12.1 Å². The highest BCUT2D eigenvalue weighted by atomic mass is 16.6. The molecule has 1 aliphatic heterocycles. The Bertz CT molecular complexity index is 751. The number of nitro benzene ring substituents is 1. The quantitative estimate of drug-likeness (QED) is 0.194. The minimum absolute atomic E-state index is 0.0946. The molecule has 0 saturated carbocycles. The maximum Gasteiger partial charge on any atom is 0.269 e. The fourth-order valence-corrected chi connectivity index (χ4v) is 2.45. The minimum Gasteiger partial charge on any atom is -0.494 e. The Hall–Kier alpha value is -2.70. The highest BCUT2D eigenvalue weighted by Gasteiger charge is 2.21. The third kappa shape index (κ3) is 6.84. The molecule has 6 heteroatoms. The van der Waals surface area contributed by atoms with Gasteiger partial charge in [0.05, 0.1) is 24.7 Å². The predicted octanol–water partition coefficient (Wildman–Crippen LogP) is 4.34. The first kappa shape index (κ1) is 19.1. The molecule has 0 radical (unpaired) electrons. The van der Waals surface area contributed by atoms with Crippen molar-refractivity contribution in [1.82, 2.24) is 0 Å². The zero-order chi connectivity index (χ0) is 18.9. The van der Waals surface area contributed by atoms with Crippen molar-refractivity contribution >= 4 is 17.8 Å². The van der Waals surface area contributed by atoms with Crippen LogP contribution in [0, 0.1) is 10.1 Å². The van der Waals surface area contributed by atoms with Crippen LogP contribution in [-0.4, -0.2) is 37.5 Å². The molecule has 1 atom stereocenters. The van der Waals surface area contributed by atoms with Gasteiger partial charge >= 0.3 is 0 Å². The van der Waals surface area contributed by atoms with Gasteiger partial charge in [-0.15, -0.1) is 0 Å². The van der Waals surface area contributed by atoms with Gasteiger partial charge in [-0.05, 0) is 48.2 Å². The van der Waals surface area contributed by atoms with E-state index in [0.29, 0.717) is 19.3 Å². The molecule has 0 spiro atoms. The summed E-state index contributed by atoms with van der Waals surface area (Å²) in [4.78, 5) is 10.3. The Labute approximate surface area is 158 Å². The standard InChI is InChI=1S/C21H23NO5/c23-22(24)19-9-5-17(6-10-19)3-4-18-7-11-20(12-8-18)26-14-2-1-13-25-15-21-16-27-21/h3-12,21H,1-2,13-16H2/b4-3+. The van der Waals surface area contributed by atoms with Crippen LogP contribution in [0.3, 0.4) is 0 Å². The fourth-order valence-electron chi connectivity index (χ4n) is 2.45. The van der Waals surface area contributed by atoms with Crippen molar-refractivity contribution in [3.05, 3.63) is 69.8 Å². The SMILES string of the molecule is O=[N+]([O-])c1ccc(/C=C/c2ccc(OCCCCOCC3CO3)cc2)cc1. The summed E-state index contributed by atoms with van der Waals surface area (Å²) in [6.07, 6.45) is 6.14. The number of non-ortho nitro benzene ring substituents is 1. The molecule has 0 aromatic heterocycles. The largest absolute Gasteiger partial charge is 0.494 e. The molecule has 0 bridgehead atoms. The summed E-state index contributed by atoms with van der Waals surface area (Å²) in [5.41, 5.74) is 2.05. The molecule has 1 fully saturated rings. The van der Waals surface area contributed by atoms with Crippen LogP contribution in [0.4, 0.5) is 5.69 Å². The predicted molar refractivity (Wildman–Crippen MR) is 104 cm³/mol. The number of nitrogens with zero attached hydrogens (tertiary/aromatic N) is 1. The van der Waals surface area contributed by atoms with Gasteiger partial charge in [-0.3, -0.25) is 10.1 Å². The zero-order valence-corrected chi connectivity index (χ0v) is 15.1. The van der Waals surface area contributed by atoms with Crippen molar-refractivity contribution < 1.29 is 19.1 Å². The van der Waals surface area contributed by atoms with Crippen molar-refractivity contribution in [3.8, 4) is 5.75 Å². The van der Waals surface area contributed by atoms with Gasteiger partial charge in [0.25, 0.3) is 5.69 Å². The zero-order valence-electron chi connectivity index (χ0n) is 15.1. The van der Waals surface area contributed by atoms with E-state index in [0.717, 1.165) is 42.9 Å². The smallest absolute Gasteiger partial charge is 0.269 e. The first-order chi connectivity index (χ1) is 13.2. The Morgan fingerprint density at radius 1 is 1.00 bits per heavy atom. The third-order valence-corrected chi connectivity index (χ3v) is 4.11. The van der Waals surface area contributed by atoms with Crippen LogP contribution >= 0.6 is 0 Å². The van der Waals surface area contributed by atoms with E-state index in [9.17, 15) is 10.1 Å². The van der Waals surface area contributed by atoms with Gasteiger partial charge in [-0.2, -0.15) is 0 Å². The van der Waals surface area contributed by atoms with Gasteiger partial charge in [0, 0.05) is 18.7 Å². The van der Waals surface area contributed by atoms with Crippen molar-refractivity contribution in [2.45, 2.75) is 18.9 Å². The molecule has 1 heterocycles. The second kappa shape index (κ2) is 9.85. The number of unbranched alkanes of at least 4 members (excludes halogenated alkanes) is 1. The van der Waals surface area contributed by atoms with Gasteiger partial charge in [0.2, 0.25) is 0 Å². The molecule has 1 aliphatic rings. The molecule has 3 rings (SSSR count). The van der Waals surface area contributed by atoms with E-state index >= 15 is 0 Å². The number of nitro groups is 1. The molecule has 2 aromatic rings. The first-order valence-electron chi connectivity index (χ1n) is 9.05. The second-order valence-electron chi connectivity index (χ2n) is 6.34. The molecule has 6 nitrogen and oxygen atoms in total. The summed E-state index contributed by atoms with van der Waals surface area (Å²) in [5.74, 6) is 0.842. The lowest BCUT2D eigenvalue weighted by Crippen LogP contribution is -2.04. The topological polar surface area (TPSA) is 74.1 Å². The van der Waals surface area contributed by atoms with Gasteiger partial charge in [-0.1, -0.05) is 24.3 Å². The van der Waals surface area contributed by atoms with Gasteiger partial charge in [0.1, 0.15) is 11.9 Å². The van der Waals surface area contributed by atoms with Crippen LogP contribution in [0.2, 0.25) is 0 Å². The number of ether oxygens (including phenoxy) is 3. The van der Waals surface area contributed by atoms with Gasteiger partial charge < -0.3 is 14.2 Å². The van der Waals surface area contributed by atoms with E-state index in [1.54, 1.807) is 12.1 Å². The second-order valence-corrected chi connectivity index (χ2v) is 6.34. The van der Waals surface area contributed by atoms with E-state index in [1.807, 2.05) is 36.4 Å². The molecule has 0 aliphatic carbocycles. The molecular weight excluding hydrogens is 346 g/mol. The summed E-state index contributed by atoms with van der Waals surface area (Å²) in [5, 5.41) is 10.7. The van der Waals surface area contributed by atoms with E-state index < -0.39 is 4.92 Å². The lowest BCUT2D eigenvalue weighted by molar-refractivity contribution is -0.384. The minimum atomic E-state index is -0.400. The van der Waals surface area contributed by atoms with Crippen LogP contribution in [0.5, 0.6) is 5.75 Å². The molecule has 0 N–H and O–H groups in total. The summed E-state index contributed by atoms with van der Waals surface area (Å²) < 4.78 is 16.3. The number of hydrogen-bond acceptors (Lipinski definition) is 5. The van der Waals surface area contributed by atoms with Crippen molar-refractivity contribution in [3.63, 3.8) is 0 Å². The Morgan fingerprint density at radius 3 is 2.19 bits per heavy atom. The Balaban J connectivity index is 1.36. The Kier molecular flexibility index (Phi) is 6.96. The maximum absolute atomic E-state index is 10.7. The molecule has 1 saturated heterocycles. The van der Waals surface area contributed by atoms with Gasteiger partial charge in [-0.25, -0.2) is 0 Å². The lowest BCUT2D eigenvalue weighted by Gasteiger charge is -2.06. The molecule has 0 amide bonds. The molecule has 2 aromatic carbocycles. The summed E-state index contributed by atoms with van der Waals surface area (Å²) in [6.45, 7) is 2.95. The number of epoxide rings is 1. The summed E-state index contributed by atoms with van der Waals surface area (Å²) >= 11 is 0. The average Bonchev–Trinajstić information content (AvgIpc) is 3.51. The lowest BCUT2D eigenvalue weighted by atomic mass is 10.1.